The molecule has 1 aliphatic rings. The molecule has 104 valence electrons. The quantitative estimate of drug-likeness (QED) is 0.860. The number of piperidine rings is 1. The van der Waals surface area contributed by atoms with Gasteiger partial charge in [0.05, 0.1) is 4.99 Å². The average molecular weight is 302 g/mol. The number of hydrogen-bond acceptors (Lipinski definition) is 3. The zero-order valence-electron chi connectivity index (χ0n) is 10.3. The molecule has 1 aromatic carbocycles. The Labute approximate surface area is 117 Å². The minimum Gasteiger partial charge on any atom is -0.393 e. The van der Waals surface area contributed by atoms with Crippen molar-refractivity contribution in [3.05, 3.63) is 30.1 Å². The first-order chi connectivity index (χ1) is 8.93. The number of nitrogens with two attached hydrogens (primary N) is 1. The molecule has 1 heterocycles. The maximum Gasteiger partial charge on any atom is 0.246 e. The lowest BCUT2D eigenvalue weighted by atomic mass is 10.0. The molecular weight excluding hydrogens is 287 g/mol. The first kappa shape index (κ1) is 14.4. The van der Waals surface area contributed by atoms with Gasteiger partial charge in [-0.3, -0.25) is 0 Å². The summed E-state index contributed by atoms with van der Waals surface area (Å²) in [5, 5.41) is 0. The molecule has 0 bridgehead atoms. The number of nitrogens with zero attached hydrogens (tertiary/aromatic N) is 1. The van der Waals surface area contributed by atoms with E-state index in [9.17, 15) is 12.8 Å². The molecule has 1 unspecified atom stereocenters. The second-order valence-corrected chi connectivity index (χ2v) is 6.91. The molecule has 1 aliphatic heterocycles. The number of sulfonamides is 1. The largest absolute Gasteiger partial charge is 0.393 e. The Morgan fingerprint density at radius 1 is 1.42 bits per heavy atom. The smallest absolute Gasteiger partial charge is 0.246 e. The molecule has 7 heteroatoms. The van der Waals surface area contributed by atoms with Gasteiger partial charge in [-0.1, -0.05) is 24.4 Å². The third-order valence-corrected chi connectivity index (χ3v) is 5.47. The lowest BCUT2D eigenvalue weighted by Gasteiger charge is -2.31. The van der Waals surface area contributed by atoms with Gasteiger partial charge in [0, 0.05) is 19.0 Å². The van der Waals surface area contributed by atoms with Crippen molar-refractivity contribution < 1.29 is 12.8 Å². The highest BCUT2D eigenvalue weighted by Crippen LogP contribution is 2.25. The highest BCUT2D eigenvalue weighted by molar-refractivity contribution is 7.89. The van der Waals surface area contributed by atoms with E-state index in [0.717, 1.165) is 12.5 Å². The van der Waals surface area contributed by atoms with Gasteiger partial charge in [0.25, 0.3) is 0 Å². The van der Waals surface area contributed by atoms with Crippen LogP contribution < -0.4 is 5.73 Å². The molecule has 1 aromatic rings. The van der Waals surface area contributed by atoms with Crippen LogP contribution in [0.4, 0.5) is 4.39 Å². The van der Waals surface area contributed by atoms with Gasteiger partial charge in [0.1, 0.15) is 10.7 Å². The molecule has 2 N–H and O–H groups in total. The Morgan fingerprint density at radius 3 is 2.74 bits per heavy atom. The van der Waals surface area contributed by atoms with Crippen LogP contribution in [0.15, 0.2) is 29.2 Å². The number of benzene rings is 1. The van der Waals surface area contributed by atoms with Gasteiger partial charge in [-0.15, -0.1) is 0 Å². The van der Waals surface area contributed by atoms with Crippen molar-refractivity contribution in [2.45, 2.75) is 17.7 Å². The Balaban J connectivity index is 2.30. The summed E-state index contributed by atoms with van der Waals surface area (Å²) in [7, 11) is -3.82. The fraction of sp³-hybridized carbons (Fsp3) is 0.417. The molecule has 0 amide bonds. The molecule has 2 rings (SSSR count). The van der Waals surface area contributed by atoms with E-state index in [4.69, 9.17) is 18.0 Å². The van der Waals surface area contributed by atoms with Crippen molar-refractivity contribution in [3.8, 4) is 0 Å². The van der Waals surface area contributed by atoms with Gasteiger partial charge in [0.2, 0.25) is 10.0 Å². The van der Waals surface area contributed by atoms with E-state index in [-0.39, 0.29) is 17.4 Å². The minimum absolute atomic E-state index is 0.134. The summed E-state index contributed by atoms with van der Waals surface area (Å²) in [6.45, 7) is 0.599. The van der Waals surface area contributed by atoms with Crippen molar-refractivity contribution >= 4 is 27.2 Å². The van der Waals surface area contributed by atoms with Crippen LogP contribution in [0.2, 0.25) is 0 Å². The Hall–Kier alpha value is -1.05. The summed E-state index contributed by atoms with van der Waals surface area (Å²) in [4.78, 5) is 0.0204. The average Bonchev–Trinajstić information content (AvgIpc) is 2.39. The third-order valence-electron chi connectivity index (χ3n) is 3.24. The van der Waals surface area contributed by atoms with Crippen molar-refractivity contribution in [1.82, 2.24) is 4.31 Å². The van der Waals surface area contributed by atoms with Gasteiger partial charge in [-0.05, 0) is 25.0 Å². The predicted octanol–water partition coefficient (Wildman–Crippen LogP) is 1.51. The summed E-state index contributed by atoms with van der Waals surface area (Å²) in [5.41, 5.74) is 5.58. The molecule has 19 heavy (non-hydrogen) atoms. The van der Waals surface area contributed by atoms with Crippen LogP contribution >= 0.6 is 12.2 Å². The summed E-state index contributed by atoms with van der Waals surface area (Å²) in [5.74, 6) is -0.870. The predicted molar refractivity (Wildman–Crippen MR) is 74.7 cm³/mol. The highest BCUT2D eigenvalue weighted by atomic mass is 32.2. The van der Waals surface area contributed by atoms with Crippen molar-refractivity contribution in [2.75, 3.05) is 13.1 Å². The normalized spacial score (nSPS) is 21.2. The molecule has 4 nitrogen and oxygen atoms in total. The van der Waals surface area contributed by atoms with Crippen molar-refractivity contribution in [3.63, 3.8) is 0 Å². The SMILES string of the molecule is NC(=S)C1CCCN(S(=O)(=O)c2ccccc2F)C1. The summed E-state index contributed by atoms with van der Waals surface area (Å²) in [6, 6.07) is 5.38. The summed E-state index contributed by atoms with van der Waals surface area (Å²) >= 11 is 4.92. The van der Waals surface area contributed by atoms with Gasteiger partial charge < -0.3 is 5.73 Å². The maximum atomic E-state index is 13.6. The van der Waals surface area contributed by atoms with E-state index < -0.39 is 15.8 Å². The van der Waals surface area contributed by atoms with Gasteiger partial charge in [-0.2, -0.15) is 4.31 Å². The van der Waals surface area contributed by atoms with Crippen LogP contribution in [0.3, 0.4) is 0 Å². The molecule has 0 aromatic heterocycles. The number of thiocarbonyl (C=S) groups is 1. The van der Waals surface area contributed by atoms with E-state index in [1.54, 1.807) is 0 Å². The third kappa shape index (κ3) is 2.93. The van der Waals surface area contributed by atoms with Crippen molar-refractivity contribution in [1.29, 1.82) is 0 Å². The zero-order valence-corrected chi connectivity index (χ0v) is 11.9. The van der Waals surface area contributed by atoms with Crippen LogP contribution in [0.1, 0.15) is 12.8 Å². The van der Waals surface area contributed by atoms with E-state index in [2.05, 4.69) is 0 Å². The topological polar surface area (TPSA) is 63.4 Å². The molecule has 0 spiro atoms. The van der Waals surface area contributed by atoms with Crippen LogP contribution in [-0.4, -0.2) is 30.8 Å². The molecule has 0 aliphatic carbocycles. The second kappa shape index (κ2) is 5.52. The van der Waals surface area contributed by atoms with Crippen LogP contribution in [0, 0.1) is 11.7 Å². The number of hydrogen-bond donors (Lipinski definition) is 1. The van der Waals surface area contributed by atoms with Gasteiger partial charge >= 0.3 is 0 Å². The standard InChI is InChI=1S/C12H15FN2O2S2/c13-10-5-1-2-6-11(10)19(16,17)15-7-3-4-9(8-15)12(14)18/h1-2,5-6,9H,3-4,7-8H2,(H2,14,18). The van der Waals surface area contributed by atoms with E-state index >= 15 is 0 Å². The lowest BCUT2D eigenvalue weighted by Crippen LogP contribution is -2.43. The Kier molecular flexibility index (Phi) is 4.17. The zero-order chi connectivity index (χ0) is 14.0. The van der Waals surface area contributed by atoms with Crippen LogP contribution in [0.5, 0.6) is 0 Å². The first-order valence-corrected chi connectivity index (χ1v) is 7.82. The lowest BCUT2D eigenvalue weighted by molar-refractivity contribution is 0.311. The molecular formula is C12H15FN2O2S2. The summed E-state index contributed by atoms with van der Waals surface area (Å²) < 4.78 is 39.7. The first-order valence-electron chi connectivity index (χ1n) is 5.97. The van der Waals surface area contributed by atoms with Gasteiger partial charge in [0.15, 0.2) is 0 Å². The van der Waals surface area contributed by atoms with Crippen molar-refractivity contribution in [2.24, 2.45) is 11.7 Å². The molecule has 0 radical (unpaired) electrons. The second-order valence-electron chi connectivity index (χ2n) is 4.53. The number of rotatable bonds is 3. The maximum absolute atomic E-state index is 13.6. The molecule has 1 saturated heterocycles. The fourth-order valence-electron chi connectivity index (χ4n) is 2.19. The highest BCUT2D eigenvalue weighted by Gasteiger charge is 2.32. The Bertz CT molecular complexity index is 589. The minimum atomic E-state index is -3.82. The number of halogens is 1. The molecule has 1 fully saturated rings. The Morgan fingerprint density at radius 2 is 2.11 bits per heavy atom. The van der Waals surface area contributed by atoms with Crippen LogP contribution in [-0.2, 0) is 10.0 Å². The van der Waals surface area contributed by atoms with E-state index in [0.29, 0.717) is 18.0 Å². The van der Waals surface area contributed by atoms with E-state index in [1.807, 2.05) is 0 Å². The van der Waals surface area contributed by atoms with Crippen LogP contribution in [0.25, 0.3) is 0 Å². The fourth-order valence-corrected chi connectivity index (χ4v) is 3.97. The van der Waals surface area contributed by atoms with E-state index in [1.165, 1.54) is 22.5 Å². The monoisotopic (exact) mass is 302 g/mol. The molecule has 1 atom stereocenters. The van der Waals surface area contributed by atoms with Gasteiger partial charge in [-0.25, -0.2) is 12.8 Å². The summed E-state index contributed by atoms with van der Waals surface area (Å²) in [6.07, 6.45) is 1.45. The molecule has 0 saturated carbocycles.